The zero-order chi connectivity index (χ0) is 19.9. The van der Waals surface area contributed by atoms with E-state index in [2.05, 4.69) is 51.2 Å². The number of aryl methyl sites for hydroxylation is 2. The third kappa shape index (κ3) is 4.98. The van der Waals surface area contributed by atoms with Gasteiger partial charge in [0.25, 0.3) is 0 Å². The largest absolute Gasteiger partial charge is 0.356 e. The summed E-state index contributed by atoms with van der Waals surface area (Å²) in [5, 5.41) is 4.60. The van der Waals surface area contributed by atoms with Gasteiger partial charge in [0.05, 0.1) is 29.1 Å². The fraction of sp³-hybridized carbons (Fsp3) is 0.381. The molecule has 0 fully saturated rings. The Morgan fingerprint density at radius 1 is 1.29 bits per heavy atom. The molecule has 0 amide bonds. The summed E-state index contributed by atoms with van der Waals surface area (Å²) >= 11 is 1.79. The minimum atomic E-state index is 0.656. The van der Waals surface area contributed by atoms with Gasteiger partial charge in [-0.1, -0.05) is 37.3 Å². The van der Waals surface area contributed by atoms with Gasteiger partial charge >= 0.3 is 0 Å². The van der Waals surface area contributed by atoms with E-state index in [4.69, 9.17) is 4.98 Å². The molecule has 1 aromatic carbocycles. The third-order valence-corrected chi connectivity index (χ3v) is 5.64. The van der Waals surface area contributed by atoms with Gasteiger partial charge in [0.2, 0.25) is 0 Å². The molecule has 0 saturated carbocycles. The smallest absolute Gasteiger partial charge is 0.193 e. The van der Waals surface area contributed by atoms with Crippen LogP contribution in [0.1, 0.15) is 28.3 Å². The highest BCUT2D eigenvalue weighted by Crippen LogP contribution is 2.18. The van der Waals surface area contributed by atoms with E-state index in [1.54, 1.807) is 18.4 Å². The van der Waals surface area contributed by atoms with Gasteiger partial charge in [-0.15, -0.1) is 11.3 Å². The van der Waals surface area contributed by atoms with Crippen molar-refractivity contribution in [3.05, 3.63) is 57.9 Å². The normalized spacial score (nSPS) is 11.6. The molecule has 7 heteroatoms. The molecule has 148 valence electrons. The maximum absolute atomic E-state index is 4.71. The van der Waals surface area contributed by atoms with Gasteiger partial charge in [-0.2, -0.15) is 0 Å². The zero-order valence-electron chi connectivity index (χ0n) is 17.0. The molecule has 6 nitrogen and oxygen atoms in total. The van der Waals surface area contributed by atoms with Crippen molar-refractivity contribution in [2.75, 3.05) is 20.6 Å². The summed E-state index contributed by atoms with van der Waals surface area (Å²) in [6, 6.07) is 10.2. The Labute approximate surface area is 170 Å². The van der Waals surface area contributed by atoms with Crippen molar-refractivity contribution in [1.82, 2.24) is 25.2 Å². The molecule has 3 rings (SSSR count). The van der Waals surface area contributed by atoms with Gasteiger partial charge in [-0.25, -0.2) is 9.97 Å². The van der Waals surface area contributed by atoms with Crippen LogP contribution >= 0.6 is 11.3 Å². The SMILES string of the molecule is CCc1nc(CCNC(=NC)N(C)Cc2ncc(-c3ccccc3)[nH]2)sc1C. The molecule has 0 unspecified atom stereocenters. The maximum atomic E-state index is 4.71. The van der Waals surface area contributed by atoms with E-state index in [0.717, 1.165) is 42.4 Å². The van der Waals surface area contributed by atoms with Crippen LogP contribution in [-0.2, 0) is 19.4 Å². The van der Waals surface area contributed by atoms with Crippen LogP contribution in [0, 0.1) is 6.92 Å². The molecule has 2 heterocycles. The number of nitrogens with zero attached hydrogens (tertiary/aromatic N) is 4. The molecule has 0 atom stereocenters. The summed E-state index contributed by atoms with van der Waals surface area (Å²) in [7, 11) is 3.82. The first kappa shape index (κ1) is 20.1. The van der Waals surface area contributed by atoms with Gasteiger partial charge in [0.15, 0.2) is 5.96 Å². The molecule has 0 aliphatic carbocycles. The highest BCUT2D eigenvalue weighted by atomic mass is 32.1. The first-order valence-corrected chi connectivity index (χ1v) is 10.4. The number of benzene rings is 1. The summed E-state index contributed by atoms with van der Waals surface area (Å²) in [5.74, 6) is 1.76. The van der Waals surface area contributed by atoms with E-state index >= 15 is 0 Å². The summed E-state index contributed by atoms with van der Waals surface area (Å²) in [6.45, 7) is 5.76. The average Bonchev–Trinajstić information content (AvgIpc) is 3.32. The number of aromatic nitrogens is 3. The molecule has 0 bridgehead atoms. The van der Waals surface area contributed by atoms with Crippen LogP contribution in [0.15, 0.2) is 41.5 Å². The molecule has 0 radical (unpaired) electrons. The Bertz CT molecular complexity index is 912. The maximum Gasteiger partial charge on any atom is 0.193 e. The van der Waals surface area contributed by atoms with E-state index in [0.29, 0.717) is 6.54 Å². The summed E-state index contributed by atoms with van der Waals surface area (Å²) in [6.07, 6.45) is 3.77. The fourth-order valence-corrected chi connectivity index (χ4v) is 4.12. The third-order valence-electron chi connectivity index (χ3n) is 4.57. The quantitative estimate of drug-likeness (QED) is 0.472. The second-order valence-corrected chi connectivity index (χ2v) is 7.94. The van der Waals surface area contributed by atoms with E-state index in [-0.39, 0.29) is 0 Å². The average molecular weight is 397 g/mol. The van der Waals surface area contributed by atoms with Crippen molar-refractivity contribution < 1.29 is 0 Å². The Kier molecular flexibility index (Phi) is 6.81. The van der Waals surface area contributed by atoms with Gasteiger partial charge in [0, 0.05) is 31.9 Å². The number of imidazole rings is 1. The Morgan fingerprint density at radius 3 is 2.75 bits per heavy atom. The van der Waals surface area contributed by atoms with E-state index in [9.17, 15) is 0 Å². The lowest BCUT2D eigenvalue weighted by Gasteiger charge is -2.20. The monoisotopic (exact) mass is 396 g/mol. The molecule has 0 saturated heterocycles. The number of H-pyrrole nitrogens is 1. The van der Waals surface area contributed by atoms with Crippen molar-refractivity contribution >= 4 is 17.3 Å². The van der Waals surface area contributed by atoms with Gasteiger partial charge in [-0.05, 0) is 18.9 Å². The summed E-state index contributed by atoms with van der Waals surface area (Å²) < 4.78 is 0. The topological polar surface area (TPSA) is 69.2 Å². The van der Waals surface area contributed by atoms with Gasteiger partial charge < -0.3 is 15.2 Å². The highest BCUT2D eigenvalue weighted by Gasteiger charge is 2.11. The Balaban J connectivity index is 1.53. The second kappa shape index (κ2) is 9.50. The van der Waals surface area contributed by atoms with Gasteiger partial charge in [-0.3, -0.25) is 4.99 Å². The highest BCUT2D eigenvalue weighted by molar-refractivity contribution is 7.11. The number of rotatable bonds is 7. The number of hydrogen-bond donors (Lipinski definition) is 2. The number of aromatic amines is 1. The van der Waals surface area contributed by atoms with Crippen molar-refractivity contribution in [1.29, 1.82) is 0 Å². The number of aliphatic imine (C=N–C) groups is 1. The van der Waals surface area contributed by atoms with Crippen LogP contribution in [0.25, 0.3) is 11.3 Å². The molecule has 0 aliphatic heterocycles. The first-order chi connectivity index (χ1) is 13.6. The van der Waals surface area contributed by atoms with Crippen molar-refractivity contribution in [2.45, 2.75) is 33.2 Å². The van der Waals surface area contributed by atoms with Crippen LogP contribution in [0.5, 0.6) is 0 Å². The van der Waals surface area contributed by atoms with E-state index < -0.39 is 0 Å². The van der Waals surface area contributed by atoms with Crippen LogP contribution in [-0.4, -0.2) is 46.5 Å². The van der Waals surface area contributed by atoms with E-state index in [1.165, 1.54) is 15.6 Å². The Morgan fingerprint density at radius 2 is 2.07 bits per heavy atom. The second-order valence-electron chi connectivity index (χ2n) is 6.65. The molecular weight excluding hydrogens is 368 g/mol. The van der Waals surface area contributed by atoms with Crippen LogP contribution in [0.2, 0.25) is 0 Å². The lowest BCUT2D eigenvalue weighted by atomic mass is 10.2. The molecule has 3 aromatic rings. The Hall–Kier alpha value is -2.67. The van der Waals surface area contributed by atoms with Crippen molar-refractivity contribution in [3.63, 3.8) is 0 Å². The van der Waals surface area contributed by atoms with Gasteiger partial charge in [0.1, 0.15) is 5.82 Å². The summed E-state index contributed by atoms with van der Waals surface area (Å²) in [4.78, 5) is 20.4. The number of guanidine groups is 1. The summed E-state index contributed by atoms with van der Waals surface area (Å²) in [5.41, 5.74) is 3.38. The zero-order valence-corrected chi connectivity index (χ0v) is 17.8. The van der Waals surface area contributed by atoms with Crippen molar-refractivity contribution in [3.8, 4) is 11.3 Å². The molecule has 0 spiro atoms. The standard InChI is InChI=1S/C21H28N6S/c1-5-17-15(2)28-20(26-17)11-12-23-21(22-3)27(4)14-19-24-13-18(25-19)16-9-7-6-8-10-16/h6-10,13H,5,11-12,14H2,1-4H3,(H,22,23)(H,24,25). The predicted molar refractivity (Wildman–Crippen MR) is 117 cm³/mol. The van der Waals surface area contributed by atoms with Crippen LogP contribution in [0.3, 0.4) is 0 Å². The fourth-order valence-electron chi connectivity index (χ4n) is 3.10. The van der Waals surface area contributed by atoms with Crippen molar-refractivity contribution in [2.24, 2.45) is 4.99 Å². The molecule has 2 N–H and O–H groups in total. The molecule has 28 heavy (non-hydrogen) atoms. The first-order valence-electron chi connectivity index (χ1n) is 9.57. The lowest BCUT2D eigenvalue weighted by molar-refractivity contribution is 0.464. The number of thiazole rings is 1. The molecule has 0 aliphatic rings. The number of nitrogens with one attached hydrogen (secondary N) is 2. The minimum Gasteiger partial charge on any atom is -0.356 e. The van der Waals surface area contributed by atoms with E-state index in [1.807, 2.05) is 31.4 Å². The lowest BCUT2D eigenvalue weighted by Crippen LogP contribution is -2.39. The molecular formula is C21H28N6S. The molecule has 2 aromatic heterocycles. The number of hydrogen-bond acceptors (Lipinski definition) is 4. The van der Waals surface area contributed by atoms with Crippen LogP contribution in [0.4, 0.5) is 0 Å². The predicted octanol–water partition coefficient (Wildman–Crippen LogP) is 3.65. The van der Waals surface area contributed by atoms with Crippen LogP contribution < -0.4 is 5.32 Å². The minimum absolute atomic E-state index is 0.656.